The Kier molecular flexibility index (Phi) is 6.37. The Morgan fingerprint density at radius 3 is 2.77 bits per heavy atom. The van der Waals surface area contributed by atoms with Gasteiger partial charge in [-0.05, 0) is 69.7 Å². The Labute approximate surface area is 132 Å². The third kappa shape index (κ3) is 5.76. The molecule has 1 unspecified atom stereocenters. The van der Waals surface area contributed by atoms with Crippen LogP contribution in [0.1, 0.15) is 38.7 Å². The zero-order chi connectivity index (χ0) is 15.9. The van der Waals surface area contributed by atoms with Crippen molar-refractivity contribution in [2.24, 2.45) is 5.92 Å². The van der Waals surface area contributed by atoms with Gasteiger partial charge in [0.1, 0.15) is 5.82 Å². The molecule has 1 fully saturated rings. The second-order valence-corrected chi connectivity index (χ2v) is 6.63. The summed E-state index contributed by atoms with van der Waals surface area (Å²) in [7, 11) is 0. The zero-order valence-corrected chi connectivity index (χ0v) is 13.6. The topological polar surface area (TPSA) is 32.3 Å². The Hall–Kier alpha value is -1.42. The monoisotopic (exact) mass is 306 g/mol. The van der Waals surface area contributed by atoms with Crippen molar-refractivity contribution in [2.75, 3.05) is 19.6 Å². The molecule has 0 bridgehead atoms. The maximum absolute atomic E-state index is 12.9. The molecule has 1 aliphatic rings. The lowest BCUT2D eigenvalue weighted by Gasteiger charge is -2.32. The first-order chi connectivity index (χ1) is 10.5. The molecule has 22 heavy (non-hydrogen) atoms. The lowest BCUT2D eigenvalue weighted by molar-refractivity contribution is -0.123. The van der Waals surface area contributed by atoms with E-state index in [0.29, 0.717) is 12.5 Å². The highest BCUT2D eigenvalue weighted by Gasteiger charge is 2.21. The van der Waals surface area contributed by atoms with E-state index in [1.807, 2.05) is 26.0 Å². The van der Waals surface area contributed by atoms with Crippen LogP contribution in [0.5, 0.6) is 0 Å². The minimum atomic E-state index is -0.177. The largest absolute Gasteiger partial charge is 0.353 e. The molecule has 1 atom stereocenters. The fraction of sp³-hybridized carbons (Fsp3) is 0.611. The molecular weight excluding hydrogens is 279 g/mol. The maximum Gasteiger partial charge on any atom is 0.234 e. The molecule has 0 saturated carbocycles. The number of nitrogens with one attached hydrogen (secondary N) is 1. The number of halogens is 1. The molecule has 0 aliphatic carbocycles. The number of rotatable bonds is 6. The maximum atomic E-state index is 12.9. The number of nitrogens with zero attached hydrogens (tertiary/aromatic N) is 1. The van der Waals surface area contributed by atoms with E-state index in [9.17, 15) is 9.18 Å². The standard InChI is InChI=1S/C18H27FN2O/c1-14(2)20-18(22)13-21-11-3-4-16(12-21)6-5-15-7-9-17(19)10-8-15/h7-10,14,16H,3-6,11-13H2,1-2H3,(H,20,22). The van der Waals surface area contributed by atoms with E-state index in [0.717, 1.165) is 32.4 Å². The molecule has 1 heterocycles. The summed E-state index contributed by atoms with van der Waals surface area (Å²) < 4.78 is 12.9. The van der Waals surface area contributed by atoms with Crippen molar-refractivity contribution >= 4 is 5.91 Å². The lowest BCUT2D eigenvalue weighted by Crippen LogP contribution is -2.44. The number of piperidine rings is 1. The fourth-order valence-electron chi connectivity index (χ4n) is 3.12. The highest BCUT2D eigenvalue weighted by molar-refractivity contribution is 5.78. The fourth-order valence-corrected chi connectivity index (χ4v) is 3.12. The molecular formula is C18H27FN2O. The van der Waals surface area contributed by atoms with E-state index in [-0.39, 0.29) is 17.8 Å². The summed E-state index contributed by atoms with van der Waals surface area (Å²) in [6.07, 6.45) is 4.47. The summed E-state index contributed by atoms with van der Waals surface area (Å²) >= 11 is 0. The van der Waals surface area contributed by atoms with Crippen LogP contribution in [-0.2, 0) is 11.2 Å². The van der Waals surface area contributed by atoms with Gasteiger partial charge in [0.2, 0.25) is 5.91 Å². The summed E-state index contributed by atoms with van der Waals surface area (Å²) in [6, 6.07) is 6.99. The van der Waals surface area contributed by atoms with Crippen LogP contribution < -0.4 is 5.32 Å². The summed E-state index contributed by atoms with van der Waals surface area (Å²) in [5, 5.41) is 2.95. The van der Waals surface area contributed by atoms with Crippen molar-refractivity contribution in [1.29, 1.82) is 0 Å². The van der Waals surface area contributed by atoms with Crippen molar-refractivity contribution in [3.63, 3.8) is 0 Å². The van der Waals surface area contributed by atoms with E-state index < -0.39 is 0 Å². The number of carbonyl (C=O) groups excluding carboxylic acids is 1. The van der Waals surface area contributed by atoms with Crippen LogP contribution in [0.25, 0.3) is 0 Å². The number of hydrogen-bond donors (Lipinski definition) is 1. The van der Waals surface area contributed by atoms with Crippen LogP contribution in [0, 0.1) is 11.7 Å². The van der Waals surface area contributed by atoms with Gasteiger partial charge in [0.25, 0.3) is 0 Å². The third-order valence-electron chi connectivity index (χ3n) is 4.17. The van der Waals surface area contributed by atoms with Crippen LogP contribution in [-0.4, -0.2) is 36.5 Å². The molecule has 1 aromatic carbocycles. The van der Waals surface area contributed by atoms with Gasteiger partial charge >= 0.3 is 0 Å². The van der Waals surface area contributed by atoms with E-state index >= 15 is 0 Å². The summed E-state index contributed by atoms with van der Waals surface area (Å²) in [6.45, 7) is 6.48. The Morgan fingerprint density at radius 1 is 1.36 bits per heavy atom. The van der Waals surface area contributed by atoms with Gasteiger partial charge < -0.3 is 5.32 Å². The van der Waals surface area contributed by atoms with Gasteiger partial charge in [-0.1, -0.05) is 12.1 Å². The smallest absolute Gasteiger partial charge is 0.234 e. The quantitative estimate of drug-likeness (QED) is 0.876. The normalized spacial score (nSPS) is 19.4. The van der Waals surface area contributed by atoms with Gasteiger partial charge in [0.05, 0.1) is 6.54 Å². The molecule has 2 rings (SSSR count). The highest BCUT2D eigenvalue weighted by atomic mass is 19.1. The predicted molar refractivity (Wildman–Crippen MR) is 87.2 cm³/mol. The molecule has 0 radical (unpaired) electrons. The first-order valence-corrected chi connectivity index (χ1v) is 8.29. The molecule has 1 aromatic rings. The minimum Gasteiger partial charge on any atom is -0.353 e. The van der Waals surface area contributed by atoms with Crippen molar-refractivity contribution in [3.8, 4) is 0 Å². The average Bonchev–Trinajstić information content (AvgIpc) is 2.46. The van der Waals surface area contributed by atoms with Gasteiger partial charge in [-0.3, -0.25) is 9.69 Å². The van der Waals surface area contributed by atoms with Crippen molar-refractivity contribution < 1.29 is 9.18 Å². The molecule has 1 aliphatic heterocycles. The van der Waals surface area contributed by atoms with Gasteiger partial charge in [-0.2, -0.15) is 0 Å². The Bertz CT molecular complexity index is 472. The van der Waals surface area contributed by atoms with Crippen LogP contribution in [0.15, 0.2) is 24.3 Å². The first-order valence-electron chi connectivity index (χ1n) is 8.29. The van der Waals surface area contributed by atoms with E-state index in [1.54, 1.807) is 0 Å². The first kappa shape index (κ1) is 16.9. The number of aryl methyl sites for hydroxylation is 1. The zero-order valence-electron chi connectivity index (χ0n) is 13.6. The third-order valence-corrected chi connectivity index (χ3v) is 4.17. The molecule has 0 spiro atoms. The minimum absolute atomic E-state index is 0.120. The van der Waals surface area contributed by atoms with Crippen LogP contribution in [0.2, 0.25) is 0 Å². The number of benzene rings is 1. The second kappa shape index (κ2) is 8.28. The van der Waals surface area contributed by atoms with Crippen LogP contribution in [0.3, 0.4) is 0 Å². The summed E-state index contributed by atoms with van der Waals surface area (Å²) in [4.78, 5) is 14.1. The number of hydrogen-bond acceptors (Lipinski definition) is 2. The van der Waals surface area contributed by atoms with Gasteiger partial charge in [0.15, 0.2) is 0 Å². The number of amides is 1. The SMILES string of the molecule is CC(C)NC(=O)CN1CCCC(CCc2ccc(F)cc2)C1. The predicted octanol–water partition coefficient (Wildman–Crippen LogP) is 2.99. The Morgan fingerprint density at radius 2 is 2.09 bits per heavy atom. The second-order valence-electron chi connectivity index (χ2n) is 6.63. The molecule has 1 amide bonds. The molecule has 1 N–H and O–H groups in total. The van der Waals surface area contributed by atoms with Gasteiger partial charge in [-0.15, -0.1) is 0 Å². The van der Waals surface area contributed by atoms with Crippen LogP contribution in [0.4, 0.5) is 4.39 Å². The van der Waals surface area contributed by atoms with E-state index in [4.69, 9.17) is 0 Å². The van der Waals surface area contributed by atoms with Crippen molar-refractivity contribution in [1.82, 2.24) is 10.2 Å². The van der Waals surface area contributed by atoms with Crippen LogP contribution >= 0.6 is 0 Å². The summed E-state index contributed by atoms with van der Waals surface area (Å²) in [5.74, 6) is 0.573. The molecule has 1 saturated heterocycles. The molecule has 3 nitrogen and oxygen atoms in total. The lowest BCUT2D eigenvalue weighted by atomic mass is 9.91. The Balaban J connectivity index is 1.75. The van der Waals surface area contributed by atoms with Gasteiger partial charge in [0, 0.05) is 12.6 Å². The molecule has 4 heteroatoms. The molecule has 122 valence electrons. The average molecular weight is 306 g/mol. The van der Waals surface area contributed by atoms with E-state index in [2.05, 4.69) is 10.2 Å². The van der Waals surface area contributed by atoms with E-state index in [1.165, 1.54) is 24.1 Å². The summed E-state index contributed by atoms with van der Waals surface area (Å²) in [5.41, 5.74) is 1.19. The number of likely N-dealkylation sites (tertiary alicyclic amines) is 1. The molecule has 0 aromatic heterocycles. The highest BCUT2D eigenvalue weighted by Crippen LogP contribution is 2.21. The van der Waals surface area contributed by atoms with Crippen molar-refractivity contribution in [3.05, 3.63) is 35.6 Å². The number of carbonyl (C=O) groups is 1. The van der Waals surface area contributed by atoms with Gasteiger partial charge in [-0.25, -0.2) is 4.39 Å². The van der Waals surface area contributed by atoms with Crippen molar-refractivity contribution in [2.45, 2.75) is 45.6 Å².